The standard InChI is InChI=1S/C16H23ClN6OS/c1-3-14-21-15-7-4-10(9-23(15)22-14)20-16(18-2)19-8-11(24)12-5-6-13(17)25-12/h5-6,10-11,24H,3-4,7-9H2,1-2H3,(H2,18,19,20). The number of hydrogen-bond acceptors (Lipinski definition) is 5. The fraction of sp³-hybridized carbons (Fsp3) is 0.562. The first kappa shape index (κ1) is 18.2. The van der Waals surface area contributed by atoms with E-state index in [1.54, 1.807) is 13.1 Å². The highest BCUT2D eigenvalue weighted by atomic mass is 35.5. The van der Waals surface area contributed by atoms with Crippen LogP contribution in [0.4, 0.5) is 0 Å². The van der Waals surface area contributed by atoms with E-state index >= 15 is 0 Å². The predicted octanol–water partition coefficient (Wildman–Crippen LogP) is 1.77. The first-order chi connectivity index (χ1) is 12.1. The number of nitrogens with zero attached hydrogens (tertiary/aromatic N) is 4. The molecule has 0 bridgehead atoms. The number of hydrogen-bond donors (Lipinski definition) is 3. The average molecular weight is 383 g/mol. The van der Waals surface area contributed by atoms with Gasteiger partial charge in [0.15, 0.2) is 11.8 Å². The second-order valence-electron chi connectivity index (χ2n) is 5.97. The molecule has 2 aromatic rings. The molecule has 136 valence electrons. The predicted molar refractivity (Wildman–Crippen MR) is 100 cm³/mol. The van der Waals surface area contributed by atoms with Gasteiger partial charge < -0.3 is 15.7 Å². The van der Waals surface area contributed by atoms with Crippen molar-refractivity contribution >= 4 is 28.9 Å². The number of guanidine groups is 1. The van der Waals surface area contributed by atoms with Gasteiger partial charge in [-0.25, -0.2) is 9.67 Å². The van der Waals surface area contributed by atoms with Crippen LogP contribution in [0.15, 0.2) is 17.1 Å². The molecule has 2 unspecified atom stereocenters. The van der Waals surface area contributed by atoms with Crippen molar-refractivity contribution in [1.82, 2.24) is 25.4 Å². The molecule has 0 aromatic carbocycles. The zero-order valence-electron chi connectivity index (χ0n) is 14.4. The van der Waals surface area contributed by atoms with Gasteiger partial charge in [-0.05, 0) is 18.6 Å². The molecule has 1 aliphatic heterocycles. The number of aliphatic hydroxyl groups is 1. The van der Waals surface area contributed by atoms with E-state index in [0.29, 0.717) is 16.8 Å². The molecule has 3 N–H and O–H groups in total. The molecule has 3 heterocycles. The number of nitrogens with one attached hydrogen (secondary N) is 2. The summed E-state index contributed by atoms with van der Waals surface area (Å²) in [7, 11) is 1.72. The van der Waals surface area contributed by atoms with E-state index in [1.807, 2.05) is 10.7 Å². The lowest BCUT2D eigenvalue weighted by Crippen LogP contribution is -2.47. The van der Waals surface area contributed by atoms with E-state index in [-0.39, 0.29) is 6.04 Å². The molecular weight excluding hydrogens is 360 g/mol. The topological polar surface area (TPSA) is 87.4 Å². The first-order valence-electron chi connectivity index (χ1n) is 8.42. The number of rotatable bonds is 5. The van der Waals surface area contributed by atoms with E-state index in [9.17, 15) is 5.11 Å². The molecule has 9 heteroatoms. The highest BCUT2D eigenvalue weighted by molar-refractivity contribution is 7.16. The summed E-state index contributed by atoms with van der Waals surface area (Å²) in [4.78, 5) is 9.62. The van der Waals surface area contributed by atoms with Crippen LogP contribution in [0.3, 0.4) is 0 Å². The molecule has 1 aliphatic rings. The molecule has 25 heavy (non-hydrogen) atoms. The molecule has 0 spiro atoms. The summed E-state index contributed by atoms with van der Waals surface area (Å²) in [6.07, 6.45) is 2.12. The van der Waals surface area contributed by atoms with Crippen molar-refractivity contribution in [2.75, 3.05) is 13.6 Å². The van der Waals surface area contributed by atoms with Crippen LogP contribution in [0.25, 0.3) is 0 Å². The number of fused-ring (bicyclic) bond motifs is 1. The lowest BCUT2D eigenvalue weighted by molar-refractivity contribution is 0.184. The summed E-state index contributed by atoms with van der Waals surface area (Å²) in [5, 5.41) is 21.3. The number of thiophene rings is 1. The second kappa shape index (κ2) is 8.16. The van der Waals surface area contributed by atoms with Crippen LogP contribution in [0, 0.1) is 0 Å². The van der Waals surface area contributed by atoms with Gasteiger partial charge >= 0.3 is 0 Å². The van der Waals surface area contributed by atoms with E-state index in [2.05, 4.69) is 32.6 Å². The number of aromatic nitrogens is 3. The van der Waals surface area contributed by atoms with Gasteiger partial charge in [-0.3, -0.25) is 4.99 Å². The van der Waals surface area contributed by atoms with Crippen LogP contribution in [-0.2, 0) is 19.4 Å². The fourth-order valence-corrected chi connectivity index (χ4v) is 3.86. The van der Waals surface area contributed by atoms with Gasteiger partial charge in [0.05, 0.1) is 10.9 Å². The molecule has 0 saturated heterocycles. The second-order valence-corrected chi connectivity index (χ2v) is 7.72. The van der Waals surface area contributed by atoms with Crippen molar-refractivity contribution in [3.63, 3.8) is 0 Å². The Balaban J connectivity index is 1.52. The maximum Gasteiger partial charge on any atom is 0.191 e. The van der Waals surface area contributed by atoms with Gasteiger partial charge in [0.25, 0.3) is 0 Å². The Morgan fingerprint density at radius 2 is 2.40 bits per heavy atom. The summed E-state index contributed by atoms with van der Waals surface area (Å²) in [6.45, 7) is 3.21. The molecular formula is C16H23ClN6OS. The number of aliphatic hydroxyl groups excluding tert-OH is 1. The third-order valence-corrected chi connectivity index (χ3v) is 5.50. The van der Waals surface area contributed by atoms with Crippen LogP contribution < -0.4 is 10.6 Å². The molecule has 0 amide bonds. The number of aliphatic imine (C=N–C) groups is 1. The normalized spacial score (nSPS) is 18.7. The van der Waals surface area contributed by atoms with Crippen molar-refractivity contribution in [3.05, 3.63) is 33.0 Å². The molecule has 2 atom stereocenters. The fourth-order valence-electron chi connectivity index (χ4n) is 2.82. The Labute approximate surface area is 156 Å². The Hall–Kier alpha value is -1.64. The average Bonchev–Trinajstić information content (AvgIpc) is 3.23. The monoisotopic (exact) mass is 382 g/mol. The van der Waals surface area contributed by atoms with Gasteiger partial charge in [-0.15, -0.1) is 11.3 Å². The third kappa shape index (κ3) is 4.50. The minimum absolute atomic E-state index is 0.235. The van der Waals surface area contributed by atoms with Crippen LogP contribution in [0.5, 0.6) is 0 Å². The quantitative estimate of drug-likeness (QED) is 0.542. The molecule has 2 aromatic heterocycles. The Morgan fingerprint density at radius 1 is 1.56 bits per heavy atom. The molecule has 0 fully saturated rings. The minimum Gasteiger partial charge on any atom is -0.386 e. The maximum absolute atomic E-state index is 10.2. The lowest BCUT2D eigenvalue weighted by Gasteiger charge is -2.25. The van der Waals surface area contributed by atoms with Crippen molar-refractivity contribution < 1.29 is 5.11 Å². The minimum atomic E-state index is -0.614. The Morgan fingerprint density at radius 3 is 3.08 bits per heavy atom. The number of halogens is 1. The summed E-state index contributed by atoms with van der Waals surface area (Å²) in [6, 6.07) is 3.87. The third-order valence-electron chi connectivity index (χ3n) is 4.17. The van der Waals surface area contributed by atoms with E-state index in [4.69, 9.17) is 11.6 Å². The van der Waals surface area contributed by atoms with E-state index in [0.717, 1.165) is 42.3 Å². The SMILES string of the molecule is CCc1nc2n(n1)CC(NC(=NC)NCC(O)c1ccc(Cl)s1)CC2. The van der Waals surface area contributed by atoms with Crippen molar-refractivity contribution in [3.8, 4) is 0 Å². The van der Waals surface area contributed by atoms with Gasteiger partial charge in [0.2, 0.25) is 0 Å². The smallest absolute Gasteiger partial charge is 0.191 e. The van der Waals surface area contributed by atoms with E-state index in [1.165, 1.54) is 11.3 Å². The zero-order valence-corrected chi connectivity index (χ0v) is 15.9. The van der Waals surface area contributed by atoms with Crippen LogP contribution in [-0.4, -0.2) is 45.5 Å². The maximum atomic E-state index is 10.2. The Kier molecular flexibility index (Phi) is 5.93. The highest BCUT2D eigenvalue weighted by Gasteiger charge is 2.22. The molecule has 0 radical (unpaired) electrons. The molecule has 0 aliphatic carbocycles. The lowest BCUT2D eigenvalue weighted by atomic mass is 10.1. The molecule has 3 rings (SSSR count). The Bertz CT molecular complexity index is 743. The highest BCUT2D eigenvalue weighted by Crippen LogP contribution is 2.26. The van der Waals surface area contributed by atoms with Gasteiger partial charge in [0.1, 0.15) is 11.9 Å². The largest absolute Gasteiger partial charge is 0.386 e. The van der Waals surface area contributed by atoms with Gasteiger partial charge in [-0.1, -0.05) is 18.5 Å². The zero-order chi connectivity index (χ0) is 17.8. The van der Waals surface area contributed by atoms with Crippen LogP contribution >= 0.6 is 22.9 Å². The summed E-state index contributed by atoms with van der Waals surface area (Å²) >= 11 is 7.30. The summed E-state index contributed by atoms with van der Waals surface area (Å²) < 4.78 is 2.66. The van der Waals surface area contributed by atoms with E-state index < -0.39 is 6.10 Å². The van der Waals surface area contributed by atoms with Crippen LogP contribution in [0.1, 0.15) is 36.0 Å². The van der Waals surface area contributed by atoms with Gasteiger partial charge in [-0.2, -0.15) is 5.10 Å². The molecule has 7 nitrogen and oxygen atoms in total. The van der Waals surface area contributed by atoms with Crippen molar-refractivity contribution in [1.29, 1.82) is 0 Å². The summed E-state index contributed by atoms with van der Waals surface area (Å²) in [5.41, 5.74) is 0. The van der Waals surface area contributed by atoms with Gasteiger partial charge in [0, 0.05) is 37.4 Å². The van der Waals surface area contributed by atoms with Crippen molar-refractivity contribution in [2.24, 2.45) is 4.99 Å². The first-order valence-corrected chi connectivity index (χ1v) is 9.61. The van der Waals surface area contributed by atoms with Crippen molar-refractivity contribution in [2.45, 2.75) is 44.9 Å². The molecule has 0 saturated carbocycles. The van der Waals surface area contributed by atoms with Crippen LogP contribution in [0.2, 0.25) is 4.34 Å². The summed E-state index contributed by atoms with van der Waals surface area (Å²) in [5.74, 6) is 2.63. The number of aryl methyl sites for hydroxylation is 2.